The lowest BCUT2D eigenvalue weighted by molar-refractivity contribution is 0.102. The maximum absolute atomic E-state index is 13.2. The quantitative estimate of drug-likeness (QED) is 0.807. The van der Waals surface area contributed by atoms with Gasteiger partial charge in [0.1, 0.15) is 5.82 Å². The van der Waals surface area contributed by atoms with Crippen LogP contribution in [-0.4, -0.2) is 5.91 Å². The highest BCUT2D eigenvalue weighted by atomic mass is 79.9. The van der Waals surface area contributed by atoms with Crippen molar-refractivity contribution < 1.29 is 9.18 Å². The number of halogens is 3. The number of nitrogens with two attached hydrogens (primary N) is 1. The lowest BCUT2D eigenvalue weighted by Crippen LogP contribution is -2.13. The second-order valence-corrected chi connectivity index (χ2v) is 5.05. The van der Waals surface area contributed by atoms with Crippen molar-refractivity contribution in [2.75, 3.05) is 11.1 Å². The van der Waals surface area contributed by atoms with E-state index in [2.05, 4.69) is 21.2 Å². The molecule has 2 aromatic carbocycles. The van der Waals surface area contributed by atoms with Crippen molar-refractivity contribution in [3.8, 4) is 0 Å². The van der Waals surface area contributed by atoms with Crippen LogP contribution in [0.2, 0.25) is 5.02 Å². The van der Waals surface area contributed by atoms with Gasteiger partial charge in [0.15, 0.2) is 0 Å². The summed E-state index contributed by atoms with van der Waals surface area (Å²) in [5.74, 6) is -0.921. The Labute approximate surface area is 122 Å². The summed E-state index contributed by atoms with van der Waals surface area (Å²) >= 11 is 8.95. The van der Waals surface area contributed by atoms with E-state index in [-0.39, 0.29) is 10.7 Å². The molecule has 0 unspecified atom stereocenters. The number of carbonyl (C=O) groups is 1. The molecule has 0 saturated carbocycles. The molecule has 0 saturated heterocycles. The topological polar surface area (TPSA) is 55.1 Å². The van der Waals surface area contributed by atoms with E-state index in [0.717, 1.165) is 6.07 Å². The Balaban J connectivity index is 2.28. The van der Waals surface area contributed by atoms with E-state index in [1.165, 1.54) is 12.1 Å². The van der Waals surface area contributed by atoms with Crippen LogP contribution in [0, 0.1) is 5.82 Å². The van der Waals surface area contributed by atoms with Gasteiger partial charge in [-0.2, -0.15) is 0 Å². The van der Waals surface area contributed by atoms with Crippen molar-refractivity contribution in [2.24, 2.45) is 0 Å². The molecule has 1 amide bonds. The zero-order valence-electron chi connectivity index (χ0n) is 9.58. The van der Waals surface area contributed by atoms with Gasteiger partial charge in [-0.1, -0.05) is 17.7 Å². The summed E-state index contributed by atoms with van der Waals surface area (Å²) in [5.41, 5.74) is 6.78. The smallest absolute Gasteiger partial charge is 0.256 e. The van der Waals surface area contributed by atoms with Crippen molar-refractivity contribution >= 4 is 44.8 Å². The summed E-state index contributed by atoms with van der Waals surface area (Å²) in [6, 6.07) is 8.74. The number of nitrogen functional groups attached to an aromatic ring is 1. The minimum Gasteiger partial charge on any atom is -0.398 e. The highest BCUT2D eigenvalue weighted by molar-refractivity contribution is 9.10. The first-order chi connectivity index (χ1) is 8.97. The molecule has 0 aromatic heterocycles. The van der Waals surface area contributed by atoms with Gasteiger partial charge in [0.05, 0.1) is 10.0 Å². The number of hydrogen-bond acceptors (Lipinski definition) is 2. The Morgan fingerprint density at radius 1 is 1.32 bits per heavy atom. The molecule has 0 aliphatic heterocycles. The molecular formula is C13H9BrClFN2O. The van der Waals surface area contributed by atoms with Crippen LogP contribution >= 0.6 is 27.5 Å². The third-order valence-electron chi connectivity index (χ3n) is 2.39. The van der Waals surface area contributed by atoms with Crippen molar-refractivity contribution in [2.45, 2.75) is 0 Å². The predicted molar refractivity (Wildman–Crippen MR) is 77.9 cm³/mol. The Kier molecular flexibility index (Phi) is 4.07. The van der Waals surface area contributed by atoms with Crippen molar-refractivity contribution in [1.29, 1.82) is 0 Å². The average molecular weight is 344 g/mol. The zero-order chi connectivity index (χ0) is 14.0. The third kappa shape index (κ3) is 3.24. The van der Waals surface area contributed by atoms with Gasteiger partial charge in [0.25, 0.3) is 5.91 Å². The number of carbonyl (C=O) groups excluding carboxylic acids is 1. The maximum Gasteiger partial charge on any atom is 0.256 e. The molecule has 0 aliphatic carbocycles. The zero-order valence-corrected chi connectivity index (χ0v) is 11.9. The molecule has 2 aromatic rings. The van der Waals surface area contributed by atoms with Gasteiger partial charge in [0, 0.05) is 16.4 Å². The van der Waals surface area contributed by atoms with Crippen molar-refractivity contribution in [3.05, 3.63) is 57.3 Å². The molecule has 3 nitrogen and oxygen atoms in total. The SMILES string of the molecule is Nc1cccc(C(=O)Nc2cc(F)cc(Cl)c2)c1Br. The van der Waals surface area contributed by atoms with Crippen LogP contribution in [-0.2, 0) is 0 Å². The maximum atomic E-state index is 13.2. The lowest BCUT2D eigenvalue weighted by atomic mass is 10.2. The normalized spacial score (nSPS) is 10.3. The van der Waals surface area contributed by atoms with Gasteiger partial charge in [-0.25, -0.2) is 4.39 Å². The second kappa shape index (κ2) is 5.59. The van der Waals surface area contributed by atoms with Crippen LogP contribution in [0.15, 0.2) is 40.9 Å². The van der Waals surface area contributed by atoms with Gasteiger partial charge in [-0.3, -0.25) is 4.79 Å². The van der Waals surface area contributed by atoms with Crippen molar-refractivity contribution in [1.82, 2.24) is 0 Å². The largest absolute Gasteiger partial charge is 0.398 e. The standard InChI is InChI=1S/C13H9BrClFN2O/c14-12-10(2-1-3-11(12)17)13(19)18-9-5-7(15)4-8(16)6-9/h1-6H,17H2,(H,18,19). The molecule has 0 spiro atoms. The van der Waals surface area contributed by atoms with Crippen LogP contribution in [0.25, 0.3) is 0 Å². The number of rotatable bonds is 2. The molecule has 0 fully saturated rings. The van der Waals surface area contributed by atoms with Crippen LogP contribution < -0.4 is 11.1 Å². The Morgan fingerprint density at radius 2 is 2.05 bits per heavy atom. The van der Waals surface area contributed by atoms with E-state index in [4.69, 9.17) is 17.3 Å². The minimum absolute atomic E-state index is 0.210. The highest BCUT2D eigenvalue weighted by Gasteiger charge is 2.12. The van der Waals surface area contributed by atoms with Gasteiger partial charge < -0.3 is 11.1 Å². The first kappa shape index (κ1) is 13.8. The molecular weight excluding hydrogens is 335 g/mol. The average Bonchev–Trinajstić information content (AvgIpc) is 2.31. The molecule has 0 aliphatic rings. The lowest BCUT2D eigenvalue weighted by Gasteiger charge is -2.08. The van der Waals surface area contributed by atoms with Gasteiger partial charge in [-0.05, 0) is 46.3 Å². The molecule has 0 radical (unpaired) electrons. The highest BCUT2D eigenvalue weighted by Crippen LogP contribution is 2.25. The number of nitrogens with one attached hydrogen (secondary N) is 1. The second-order valence-electron chi connectivity index (χ2n) is 3.82. The molecule has 6 heteroatoms. The van der Waals surface area contributed by atoms with Crippen LogP contribution in [0.1, 0.15) is 10.4 Å². The summed E-state index contributed by atoms with van der Waals surface area (Å²) in [7, 11) is 0. The minimum atomic E-state index is -0.519. The third-order valence-corrected chi connectivity index (χ3v) is 3.50. The fraction of sp³-hybridized carbons (Fsp3) is 0. The Bertz CT molecular complexity index is 628. The molecule has 98 valence electrons. The first-order valence-corrected chi connectivity index (χ1v) is 6.46. The molecule has 0 bridgehead atoms. The Hall–Kier alpha value is -1.59. The molecule has 2 rings (SSSR count). The van der Waals surface area contributed by atoms with Crippen molar-refractivity contribution in [3.63, 3.8) is 0 Å². The van der Waals surface area contributed by atoms with E-state index >= 15 is 0 Å². The van der Waals surface area contributed by atoms with Crippen LogP contribution in [0.3, 0.4) is 0 Å². The number of amides is 1. The van der Waals surface area contributed by atoms with Crippen LogP contribution in [0.5, 0.6) is 0 Å². The number of hydrogen-bond donors (Lipinski definition) is 2. The first-order valence-electron chi connectivity index (χ1n) is 5.29. The van der Waals surface area contributed by atoms with E-state index in [1.54, 1.807) is 18.2 Å². The predicted octanol–water partition coefficient (Wildman–Crippen LogP) is 4.08. The fourth-order valence-electron chi connectivity index (χ4n) is 1.55. The summed E-state index contributed by atoms with van der Waals surface area (Å²) in [6.45, 7) is 0. The Morgan fingerprint density at radius 3 is 2.74 bits per heavy atom. The van der Waals surface area contributed by atoms with E-state index in [1.807, 2.05) is 0 Å². The van der Waals surface area contributed by atoms with Gasteiger partial charge in [0.2, 0.25) is 0 Å². The summed E-state index contributed by atoms with van der Waals surface area (Å²) in [5, 5.41) is 2.77. The van der Waals surface area contributed by atoms with E-state index in [9.17, 15) is 9.18 Å². The van der Waals surface area contributed by atoms with E-state index in [0.29, 0.717) is 15.7 Å². The number of anilines is 2. The van der Waals surface area contributed by atoms with E-state index < -0.39 is 11.7 Å². The molecule has 19 heavy (non-hydrogen) atoms. The summed E-state index contributed by atoms with van der Waals surface area (Å²) < 4.78 is 13.7. The fourth-order valence-corrected chi connectivity index (χ4v) is 2.22. The molecule has 3 N–H and O–H groups in total. The summed E-state index contributed by atoms with van der Waals surface area (Å²) in [6.07, 6.45) is 0. The number of benzene rings is 2. The molecule has 0 atom stereocenters. The van der Waals surface area contributed by atoms with Gasteiger partial charge in [-0.15, -0.1) is 0 Å². The van der Waals surface area contributed by atoms with Crippen LogP contribution in [0.4, 0.5) is 15.8 Å². The summed E-state index contributed by atoms with van der Waals surface area (Å²) in [4.78, 5) is 12.0. The van der Waals surface area contributed by atoms with Gasteiger partial charge >= 0.3 is 0 Å². The molecule has 0 heterocycles. The monoisotopic (exact) mass is 342 g/mol.